The second-order valence-corrected chi connectivity index (χ2v) is 9.28. The molecule has 0 bridgehead atoms. The number of nitrogens with zero attached hydrogens (tertiary/aromatic N) is 2. The van der Waals surface area contributed by atoms with E-state index in [0.29, 0.717) is 38.3 Å². The molecule has 0 radical (unpaired) electrons. The number of amides is 1. The molecule has 2 aromatic carbocycles. The molecule has 0 spiro atoms. The number of halogens is 1. The van der Waals surface area contributed by atoms with Crippen molar-refractivity contribution in [2.45, 2.75) is 93.2 Å². The molecule has 0 atom stereocenters. The van der Waals surface area contributed by atoms with Crippen molar-refractivity contribution in [3.05, 3.63) is 59.4 Å². The average molecular weight is 576 g/mol. The lowest BCUT2D eigenvalue weighted by Crippen LogP contribution is -2.48. The standard InChI is InChI=1S/C26H32FN3O5.3C2H6/c1-26(2,3)35-25(31)29-20-16-33-24(34-17-20)11-12-30(21-8-5-18(14-28)6-9-21)15-19-7-10-23(32-4)22(27)13-19;3*1-2/h5-10,13,20,24H,11-12,15-17H2,1-4H3,(H,29,31);3*1-2H3. The Balaban J connectivity index is 0.00000250. The number of carbonyl (C=O) groups is 1. The highest BCUT2D eigenvalue weighted by molar-refractivity contribution is 5.68. The summed E-state index contributed by atoms with van der Waals surface area (Å²) in [5.41, 5.74) is 1.65. The highest BCUT2D eigenvalue weighted by atomic mass is 19.1. The molecular weight excluding hydrogens is 525 g/mol. The number of alkyl carbamates (subject to hydrolysis) is 1. The molecule has 1 fully saturated rings. The zero-order chi connectivity index (χ0) is 31.4. The lowest BCUT2D eigenvalue weighted by molar-refractivity contribution is -0.190. The van der Waals surface area contributed by atoms with Crippen LogP contribution < -0.4 is 15.0 Å². The molecule has 230 valence electrons. The molecule has 0 unspecified atom stereocenters. The summed E-state index contributed by atoms with van der Waals surface area (Å²) in [4.78, 5) is 14.0. The van der Waals surface area contributed by atoms with Gasteiger partial charge in [-0.15, -0.1) is 0 Å². The summed E-state index contributed by atoms with van der Waals surface area (Å²) in [5, 5.41) is 11.9. The molecule has 1 amide bonds. The number of hydrogen-bond donors (Lipinski definition) is 1. The minimum absolute atomic E-state index is 0.192. The number of methoxy groups -OCH3 is 1. The first kappa shape index (κ1) is 37.6. The third kappa shape index (κ3) is 14.2. The van der Waals surface area contributed by atoms with Gasteiger partial charge >= 0.3 is 6.09 Å². The highest BCUT2D eigenvalue weighted by Gasteiger charge is 2.26. The Morgan fingerprint density at radius 3 is 2.12 bits per heavy atom. The van der Waals surface area contributed by atoms with Crippen LogP contribution in [0.15, 0.2) is 42.5 Å². The number of ether oxygens (including phenoxy) is 4. The molecule has 2 aromatic rings. The molecule has 1 heterocycles. The Bertz CT molecular complexity index is 1030. The van der Waals surface area contributed by atoms with Gasteiger partial charge in [0.25, 0.3) is 0 Å². The van der Waals surface area contributed by atoms with Crippen LogP contribution in [0.5, 0.6) is 5.75 Å². The Kier molecular flexibility index (Phi) is 18.8. The average Bonchev–Trinajstić information content (AvgIpc) is 2.98. The molecule has 1 saturated heterocycles. The summed E-state index contributed by atoms with van der Waals surface area (Å²) < 4.78 is 36.1. The van der Waals surface area contributed by atoms with Crippen molar-refractivity contribution in [2.24, 2.45) is 0 Å². The van der Waals surface area contributed by atoms with Gasteiger partial charge < -0.3 is 29.2 Å². The summed E-state index contributed by atoms with van der Waals surface area (Å²) >= 11 is 0. The van der Waals surface area contributed by atoms with Crippen molar-refractivity contribution >= 4 is 11.8 Å². The number of hydrogen-bond acceptors (Lipinski definition) is 7. The fraction of sp³-hybridized carbons (Fsp3) is 0.562. The second-order valence-electron chi connectivity index (χ2n) is 9.28. The van der Waals surface area contributed by atoms with Crippen molar-refractivity contribution in [3.63, 3.8) is 0 Å². The monoisotopic (exact) mass is 575 g/mol. The van der Waals surface area contributed by atoms with Gasteiger partial charge in [-0.3, -0.25) is 0 Å². The van der Waals surface area contributed by atoms with Gasteiger partial charge in [-0.25, -0.2) is 9.18 Å². The van der Waals surface area contributed by atoms with Crippen LogP contribution in [-0.4, -0.2) is 50.9 Å². The first-order valence-corrected chi connectivity index (χ1v) is 14.5. The normalized spacial score (nSPS) is 15.7. The third-order valence-corrected chi connectivity index (χ3v) is 5.27. The minimum atomic E-state index is -0.579. The van der Waals surface area contributed by atoms with Crippen LogP contribution in [0.3, 0.4) is 0 Å². The van der Waals surface area contributed by atoms with Crippen molar-refractivity contribution in [2.75, 3.05) is 31.8 Å². The first-order chi connectivity index (χ1) is 19.7. The molecule has 8 nitrogen and oxygen atoms in total. The van der Waals surface area contributed by atoms with Crippen molar-refractivity contribution in [1.29, 1.82) is 5.26 Å². The number of anilines is 1. The van der Waals surface area contributed by atoms with Gasteiger partial charge in [0, 0.05) is 25.2 Å². The van der Waals surface area contributed by atoms with E-state index in [9.17, 15) is 9.18 Å². The number of nitrogens with one attached hydrogen (secondary N) is 1. The molecule has 41 heavy (non-hydrogen) atoms. The summed E-state index contributed by atoms with van der Waals surface area (Å²) in [5.74, 6) is -0.232. The summed E-state index contributed by atoms with van der Waals surface area (Å²) in [7, 11) is 1.43. The molecule has 0 aliphatic carbocycles. The highest BCUT2D eigenvalue weighted by Crippen LogP contribution is 2.23. The number of nitriles is 1. The van der Waals surface area contributed by atoms with E-state index in [1.54, 1.807) is 39.0 Å². The van der Waals surface area contributed by atoms with Crippen molar-refractivity contribution in [1.82, 2.24) is 5.32 Å². The maximum atomic E-state index is 14.2. The van der Waals surface area contributed by atoms with E-state index in [4.69, 9.17) is 24.2 Å². The minimum Gasteiger partial charge on any atom is -0.494 e. The zero-order valence-electron chi connectivity index (χ0n) is 26.5. The van der Waals surface area contributed by atoms with Gasteiger partial charge in [0.05, 0.1) is 38.0 Å². The largest absolute Gasteiger partial charge is 0.494 e. The lowest BCUT2D eigenvalue weighted by atomic mass is 10.1. The molecule has 1 aliphatic heterocycles. The van der Waals surface area contributed by atoms with E-state index in [-0.39, 0.29) is 11.8 Å². The lowest BCUT2D eigenvalue weighted by Gasteiger charge is -2.32. The van der Waals surface area contributed by atoms with Gasteiger partial charge in [0.1, 0.15) is 5.60 Å². The van der Waals surface area contributed by atoms with Crippen LogP contribution in [0.25, 0.3) is 0 Å². The molecule has 0 saturated carbocycles. The van der Waals surface area contributed by atoms with E-state index in [2.05, 4.69) is 16.3 Å². The molecule has 1 N–H and O–H groups in total. The molecular formula is C32H50FN3O5. The van der Waals surface area contributed by atoms with E-state index >= 15 is 0 Å². The fourth-order valence-corrected chi connectivity index (χ4v) is 3.60. The van der Waals surface area contributed by atoms with Gasteiger partial charge in [-0.2, -0.15) is 5.26 Å². The Morgan fingerprint density at radius 1 is 1.05 bits per heavy atom. The van der Waals surface area contributed by atoms with Gasteiger partial charge in [0.15, 0.2) is 17.9 Å². The summed E-state index contributed by atoms with van der Waals surface area (Å²) in [6.45, 7) is 19.0. The van der Waals surface area contributed by atoms with Gasteiger partial charge in [-0.05, 0) is 62.7 Å². The predicted molar refractivity (Wildman–Crippen MR) is 163 cm³/mol. The zero-order valence-corrected chi connectivity index (χ0v) is 26.5. The predicted octanol–water partition coefficient (Wildman–Crippen LogP) is 7.45. The summed E-state index contributed by atoms with van der Waals surface area (Å²) in [6, 6.07) is 13.9. The number of rotatable bonds is 8. The molecule has 1 aliphatic rings. The topological polar surface area (TPSA) is 93.1 Å². The number of carbonyl (C=O) groups excluding carboxylic acids is 1. The van der Waals surface area contributed by atoms with Crippen molar-refractivity contribution in [3.8, 4) is 11.8 Å². The van der Waals surface area contributed by atoms with Crippen LogP contribution in [-0.2, 0) is 20.8 Å². The van der Waals surface area contributed by atoms with Gasteiger partial charge in [0.2, 0.25) is 0 Å². The second kappa shape index (κ2) is 20.5. The summed E-state index contributed by atoms with van der Waals surface area (Å²) in [6.07, 6.45) is -0.398. The van der Waals surface area contributed by atoms with Crippen LogP contribution >= 0.6 is 0 Å². The van der Waals surface area contributed by atoms with Crippen LogP contribution in [0.4, 0.5) is 14.9 Å². The third-order valence-electron chi connectivity index (χ3n) is 5.27. The Morgan fingerprint density at radius 2 is 1.63 bits per heavy atom. The number of benzene rings is 2. The smallest absolute Gasteiger partial charge is 0.408 e. The fourth-order valence-electron chi connectivity index (χ4n) is 3.60. The Hall–Kier alpha value is -3.35. The van der Waals surface area contributed by atoms with E-state index < -0.39 is 23.8 Å². The van der Waals surface area contributed by atoms with E-state index in [1.165, 1.54) is 13.2 Å². The van der Waals surface area contributed by atoms with Crippen molar-refractivity contribution < 1.29 is 28.1 Å². The Labute approximate surface area is 246 Å². The first-order valence-electron chi connectivity index (χ1n) is 14.5. The maximum Gasteiger partial charge on any atom is 0.408 e. The van der Waals surface area contributed by atoms with Crippen LogP contribution in [0.2, 0.25) is 0 Å². The van der Waals surface area contributed by atoms with E-state index in [1.807, 2.05) is 59.7 Å². The SMILES string of the molecule is CC.CC.CC.COc1ccc(CN(CCC2OCC(NC(=O)OC(C)(C)C)CO2)c2ccc(C#N)cc2)cc1F. The van der Waals surface area contributed by atoms with Gasteiger partial charge in [-0.1, -0.05) is 47.6 Å². The van der Waals surface area contributed by atoms with Crippen LogP contribution in [0, 0.1) is 17.1 Å². The van der Waals surface area contributed by atoms with Crippen LogP contribution in [0.1, 0.15) is 79.9 Å². The molecule has 0 aromatic heterocycles. The maximum absolute atomic E-state index is 14.2. The molecule has 9 heteroatoms. The van der Waals surface area contributed by atoms with E-state index in [0.717, 1.165) is 11.3 Å². The molecule has 3 rings (SSSR count). The quantitative estimate of drug-likeness (QED) is 0.349.